The summed E-state index contributed by atoms with van der Waals surface area (Å²) in [6.45, 7) is 2.02. The number of thioether (sulfide) groups is 1. The van der Waals surface area contributed by atoms with E-state index >= 15 is 0 Å². The predicted molar refractivity (Wildman–Crippen MR) is 116 cm³/mol. The number of anilines is 1. The van der Waals surface area contributed by atoms with E-state index in [-0.39, 0.29) is 11.7 Å². The van der Waals surface area contributed by atoms with Crippen LogP contribution in [0.1, 0.15) is 5.56 Å². The van der Waals surface area contributed by atoms with Gasteiger partial charge in [0.1, 0.15) is 10.7 Å². The van der Waals surface area contributed by atoms with Gasteiger partial charge in [-0.05, 0) is 31.2 Å². The van der Waals surface area contributed by atoms with Crippen LogP contribution >= 0.6 is 11.8 Å². The molecule has 0 spiro atoms. The van der Waals surface area contributed by atoms with E-state index in [9.17, 15) is 4.79 Å². The van der Waals surface area contributed by atoms with Crippen LogP contribution in [0.4, 0.5) is 5.69 Å². The maximum atomic E-state index is 12.4. The maximum Gasteiger partial charge on any atom is 0.234 e. The van der Waals surface area contributed by atoms with Crippen molar-refractivity contribution in [3.63, 3.8) is 0 Å². The summed E-state index contributed by atoms with van der Waals surface area (Å²) in [5.74, 6) is 0.198. The smallest absolute Gasteiger partial charge is 0.234 e. The molecule has 4 rings (SSSR count). The van der Waals surface area contributed by atoms with Gasteiger partial charge in [0.2, 0.25) is 5.91 Å². The molecule has 0 saturated carbocycles. The quantitative estimate of drug-likeness (QED) is 0.471. The van der Waals surface area contributed by atoms with Crippen LogP contribution in [0.25, 0.3) is 22.3 Å². The van der Waals surface area contributed by atoms with Gasteiger partial charge in [0.05, 0.1) is 16.8 Å². The molecule has 1 N–H and O–H groups in total. The third-order valence-electron chi connectivity index (χ3n) is 4.26. The normalized spacial score (nSPS) is 10.8. The Morgan fingerprint density at radius 3 is 2.21 bits per heavy atom. The number of nitrogens with one attached hydrogen (secondary N) is 1. The van der Waals surface area contributed by atoms with E-state index in [0.717, 1.165) is 38.6 Å². The molecule has 0 unspecified atom stereocenters. The van der Waals surface area contributed by atoms with E-state index in [1.807, 2.05) is 85.8 Å². The van der Waals surface area contributed by atoms with Gasteiger partial charge in [0.15, 0.2) is 0 Å². The molecule has 4 nitrogen and oxygen atoms in total. The highest BCUT2D eigenvalue weighted by atomic mass is 32.2. The molecule has 0 saturated heterocycles. The molecule has 1 amide bonds. The zero-order valence-electron chi connectivity index (χ0n) is 15.4. The van der Waals surface area contributed by atoms with Crippen molar-refractivity contribution >= 4 is 34.4 Å². The molecule has 4 aromatic rings. The molecule has 138 valence electrons. The fourth-order valence-electron chi connectivity index (χ4n) is 2.84. The van der Waals surface area contributed by atoms with Gasteiger partial charge in [-0.3, -0.25) is 4.79 Å². The van der Waals surface area contributed by atoms with Gasteiger partial charge in [-0.2, -0.15) is 0 Å². The Kier molecular flexibility index (Phi) is 5.35. The first-order valence-corrected chi connectivity index (χ1v) is 9.99. The van der Waals surface area contributed by atoms with Crippen molar-refractivity contribution in [1.82, 2.24) is 9.97 Å². The summed E-state index contributed by atoms with van der Waals surface area (Å²) in [5.41, 5.74) is 5.41. The molecule has 3 aromatic carbocycles. The molecule has 0 aliphatic heterocycles. The van der Waals surface area contributed by atoms with Crippen LogP contribution in [0.15, 0.2) is 83.9 Å². The number of rotatable bonds is 5. The van der Waals surface area contributed by atoms with Crippen molar-refractivity contribution in [1.29, 1.82) is 0 Å². The summed E-state index contributed by atoms with van der Waals surface area (Å²) in [4.78, 5) is 22.0. The Hall–Kier alpha value is -3.18. The summed E-state index contributed by atoms with van der Waals surface area (Å²) in [7, 11) is 0. The molecule has 0 bridgehead atoms. The topological polar surface area (TPSA) is 54.9 Å². The van der Waals surface area contributed by atoms with Crippen LogP contribution in [0, 0.1) is 6.92 Å². The second kappa shape index (κ2) is 8.23. The van der Waals surface area contributed by atoms with Crippen LogP contribution in [0.2, 0.25) is 0 Å². The minimum absolute atomic E-state index is 0.0668. The first-order valence-electron chi connectivity index (χ1n) is 9.00. The molecule has 28 heavy (non-hydrogen) atoms. The third kappa shape index (κ3) is 4.21. The van der Waals surface area contributed by atoms with Crippen molar-refractivity contribution in [2.24, 2.45) is 0 Å². The number of benzene rings is 3. The van der Waals surface area contributed by atoms with E-state index in [4.69, 9.17) is 9.97 Å². The maximum absolute atomic E-state index is 12.4. The van der Waals surface area contributed by atoms with Crippen LogP contribution in [0.3, 0.4) is 0 Å². The number of nitrogens with zero attached hydrogens (tertiary/aromatic N) is 2. The lowest BCUT2D eigenvalue weighted by molar-refractivity contribution is -0.113. The summed E-state index contributed by atoms with van der Waals surface area (Å²) in [6, 6.07) is 25.5. The van der Waals surface area contributed by atoms with Gasteiger partial charge in [-0.1, -0.05) is 71.9 Å². The number of carbonyl (C=O) groups is 1. The molecule has 1 heterocycles. The lowest BCUT2D eigenvalue weighted by Gasteiger charge is -2.10. The first kappa shape index (κ1) is 18.2. The number of carbonyl (C=O) groups excluding carboxylic acids is 1. The lowest BCUT2D eigenvalue weighted by atomic mass is 10.1. The molecular formula is C23H19N3OS. The molecule has 0 aliphatic carbocycles. The average molecular weight is 385 g/mol. The fraction of sp³-hybridized carbons (Fsp3) is 0.0870. The van der Waals surface area contributed by atoms with Crippen molar-refractivity contribution in [2.75, 3.05) is 11.1 Å². The number of hydrogen-bond acceptors (Lipinski definition) is 4. The average Bonchev–Trinajstić information content (AvgIpc) is 2.74. The summed E-state index contributed by atoms with van der Waals surface area (Å²) in [6.07, 6.45) is 0. The molecule has 0 radical (unpaired) electrons. The lowest BCUT2D eigenvalue weighted by Crippen LogP contribution is -2.14. The largest absolute Gasteiger partial charge is 0.325 e. The van der Waals surface area contributed by atoms with Gasteiger partial charge >= 0.3 is 0 Å². The van der Waals surface area contributed by atoms with E-state index in [1.165, 1.54) is 11.8 Å². The highest BCUT2D eigenvalue weighted by molar-refractivity contribution is 8.00. The summed E-state index contributed by atoms with van der Waals surface area (Å²) in [5, 5.41) is 3.68. The zero-order valence-corrected chi connectivity index (χ0v) is 16.2. The minimum Gasteiger partial charge on any atom is -0.325 e. The predicted octanol–water partition coefficient (Wildman–Crippen LogP) is 5.34. The van der Waals surface area contributed by atoms with E-state index < -0.39 is 0 Å². The summed E-state index contributed by atoms with van der Waals surface area (Å²) < 4.78 is 0. The number of hydrogen-bond donors (Lipinski definition) is 1. The van der Waals surface area contributed by atoms with Gasteiger partial charge < -0.3 is 5.32 Å². The number of para-hydroxylation sites is 2. The number of amides is 1. The summed E-state index contributed by atoms with van der Waals surface area (Å²) >= 11 is 1.40. The number of aromatic nitrogens is 2. The Morgan fingerprint density at radius 1 is 0.857 bits per heavy atom. The first-order chi connectivity index (χ1) is 13.7. The second-order valence-corrected chi connectivity index (χ2v) is 7.40. The Labute approximate surface area is 168 Å². The minimum atomic E-state index is -0.0668. The molecule has 0 atom stereocenters. The Morgan fingerprint density at radius 2 is 1.50 bits per heavy atom. The molecule has 5 heteroatoms. The Balaban J connectivity index is 1.58. The molecule has 0 fully saturated rings. The number of fused-ring (bicyclic) bond motifs is 1. The SMILES string of the molecule is Cc1ccc(NC(=O)CSc2nc3ccccc3nc2-c2ccccc2)cc1. The van der Waals surface area contributed by atoms with Gasteiger partial charge in [0.25, 0.3) is 0 Å². The van der Waals surface area contributed by atoms with Crippen molar-refractivity contribution in [3.05, 3.63) is 84.4 Å². The van der Waals surface area contributed by atoms with Crippen LogP contribution in [-0.4, -0.2) is 21.6 Å². The second-order valence-electron chi connectivity index (χ2n) is 6.43. The highest BCUT2D eigenvalue weighted by Gasteiger charge is 2.13. The Bertz CT molecular complexity index is 1110. The zero-order chi connectivity index (χ0) is 19.3. The highest BCUT2D eigenvalue weighted by Crippen LogP contribution is 2.30. The van der Waals surface area contributed by atoms with Crippen LogP contribution in [-0.2, 0) is 4.79 Å². The van der Waals surface area contributed by atoms with Crippen molar-refractivity contribution in [2.45, 2.75) is 11.9 Å². The third-order valence-corrected chi connectivity index (χ3v) is 5.23. The van der Waals surface area contributed by atoms with Crippen LogP contribution < -0.4 is 5.32 Å². The van der Waals surface area contributed by atoms with E-state index in [2.05, 4.69) is 5.32 Å². The fourth-order valence-corrected chi connectivity index (χ4v) is 3.64. The van der Waals surface area contributed by atoms with E-state index in [1.54, 1.807) is 0 Å². The van der Waals surface area contributed by atoms with Crippen molar-refractivity contribution in [3.8, 4) is 11.3 Å². The van der Waals surface area contributed by atoms with Crippen LogP contribution in [0.5, 0.6) is 0 Å². The molecule has 0 aliphatic rings. The molecular weight excluding hydrogens is 366 g/mol. The standard InChI is InChI=1S/C23H19N3OS/c1-16-11-13-18(14-12-16)24-21(27)15-28-23-22(17-7-3-2-4-8-17)25-19-9-5-6-10-20(19)26-23/h2-14H,15H2,1H3,(H,24,27). The monoisotopic (exact) mass is 385 g/mol. The van der Waals surface area contributed by atoms with Gasteiger partial charge in [0, 0.05) is 11.3 Å². The number of aryl methyl sites for hydroxylation is 1. The van der Waals surface area contributed by atoms with Crippen molar-refractivity contribution < 1.29 is 4.79 Å². The van der Waals surface area contributed by atoms with E-state index in [0.29, 0.717) is 0 Å². The molecule has 1 aromatic heterocycles. The van der Waals surface area contributed by atoms with Gasteiger partial charge in [-0.25, -0.2) is 9.97 Å². The van der Waals surface area contributed by atoms with Gasteiger partial charge in [-0.15, -0.1) is 0 Å².